The molecule has 3 heterocycles. The third kappa shape index (κ3) is 4.05. The maximum absolute atomic E-state index is 14.2. The number of nitrogens with zero attached hydrogens (tertiary/aromatic N) is 2. The molecule has 2 saturated heterocycles. The van der Waals surface area contributed by atoms with Gasteiger partial charge < -0.3 is 15.2 Å². The zero-order valence-corrected chi connectivity index (χ0v) is 17.7. The van der Waals surface area contributed by atoms with Crippen LogP contribution in [0, 0.1) is 12.8 Å². The number of hydrogen-bond donors (Lipinski definition) is 2. The number of rotatable bonds is 6. The van der Waals surface area contributed by atoms with Crippen LogP contribution in [0.25, 0.3) is 10.9 Å². The lowest BCUT2D eigenvalue weighted by molar-refractivity contribution is -0.141. The van der Waals surface area contributed by atoms with E-state index in [4.69, 9.17) is 0 Å². The van der Waals surface area contributed by atoms with E-state index in [-0.39, 0.29) is 23.8 Å². The Balaban J connectivity index is 1.18. The number of aromatic amines is 1. The second kappa shape index (κ2) is 7.58. The molecular weight excluding hydrogens is 402 g/mol. The van der Waals surface area contributed by atoms with E-state index in [0.29, 0.717) is 26.1 Å². The number of nitrogens with one attached hydrogen (secondary N) is 2. The number of halogens is 2. The van der Waals surface area contributed by atoms with Gasteiger partial charge in [0, 0.05) is 55.1 Å². The molecule has 0 unspecified atom stereocenters. The maximum Gasteiger partial charge on any atom is 0.262 e. The van der Waals surface area contributed by atoms with Gasteiger partial charge in [-0.15, -0.1) is 0 Å². The van der Waals surface area contributed by atoms with E-state index < -0.39 is 24.9 Å². The summed E-state index contributed by atoms with van der Waals surface area (Å²) >= 11 is 0. The lowest BCUT2D eigenvalue weighted by atomic mass is 10.0. The largest absolute Gasteiger partial charge is 0.361 e. The average Bonchev–Trinajstić information content (AvgIpc) is 3.39. The first-order valence-electron chi connectivity index (χ1n) is 11.1. The molecule has 2 aromatic rings. The first-order chi connectivity index (χ1) is 14.8. The summed E-state index contributed by atoms with van der Waals surface area (Å²) in [6.07, 6.45) is 3.97. The Hall–Kier alpha value is -2.48. The Kier molecular flexibility index (Phi) is 5.00. The van der Waals surface area contributed by atoms with Crippen molar-refractivity contribution in [2.75, 3.05) is 26.2 Å². The first-order valence-corrected chi connectivity index (χ1v) is 11.1. The van der Waals surface area contributed by atoms with Gasteiger partial charge >= 0.3 is 0 Å². The van der Waals surface area contributed by atoms with E-state index >= 15 is 0 Å². The highest BCUT2D eigenvalue weighted by atomic mass is 19.3. The third-order valence-electron chi connectivity index (χ3n) is 6.79. The number of aryl methyl sites for hydroxylation is 1. The number of likely N-dealkylation sites (tertiary alicyclic amines) is 2. The van der Waals surface area contributed by atoms with Gasteiger partial charge in [0.1, 0.15) is 0 Å². The minimum atomic E-state index is -2.88. The van der Waals surface area contributed by atoms with Crippen molar-refractivity contribution in [2.45, 2.75) is 50.6 Å². The van der Waals surface area contributed by atoms with E-state index in [2.05, 4.69) is 16.4 Å². The van der Waals surface area contributed by atoms with Crippen molar-refractivity contribution in [3.05, 3.63) is 35.5 Å². The molecule has 8 heteroatoms. The maximum atomic E-state index is 14.2. The number of benzene rings is 1. The van der Waals surface area contributed by atoms with Gasteiger partial charge in [-0.25, -0.2) is 8.78 Å². The third-order valence-corrected chi connectivity index (χ3v) is 6.79. The predicted molar refractivity (Wildman–Crippen MR) is 113 cm³/mol. The van der Waals surface area contributed by atoms with Gasteiger partial charge in [0.05, 0.1) is 12.6 Å². The number of hydrogen-bond acceptors (Lipinski definition) is 3. The number of alkyl halides is 2. The fourth-order valence-electron chi connectivity index (χ4n) is 4.84. The second-order valence-corrected chi connectivity index (χ2v) is 9.32. The summed E-state index contributed by atoms with van der Waals surface area (Å²) in [5.74, 6) is -2.96. The van der Waals surface area contributed by atoms with Crippen LogP contribution >= 0.6 is 0 Å². The molecule has 2 amide bonds. The normalized spacial score (nSPS) is 23.8. The number of amides is 2. The molecule has 0 bridgehead atoms. The van der Waals surface area contributed by atoms with Gasteiger partial charge in [-0.3, -0.25) is 14.5 Å². The van der Waals surface area contributed by atoms with Gasteiger partial charge in [0.25, 0.3) is 5.92 Å². The fraction of sp³-hybridized carbons (Fsp3) is 0.565. The van der Waals surface area contributed by atoms with Gasteiger partial charge in [0.15, 0.2) is 0 Å². The van der Waals surface area contributed by atoms with Crippen molar-refractivity contribution in [3.8, 4) is 0 Å². The van der Waals surface area contributed by atoms with Gasteiger partial charge in [0.2, 0.25) is 11.8 Å². The average molecular weight is 430 g/mol. The Morgan fingerprint density at radius 3 is 2.77 bits per heavy atom. The summed E-state index contributed by atoms with van der Waals surface area (Å²) in [5.41, 5.74) is 3.31. The Bertz CT molecular complexity index is 1010. The van der Waals surface area contributed by atoms with Crippen molar-refractivity contribution < 1.29 is 18.4 Å². The van der Waals surface area contributed by atoms with E-state index in [1.165, 1.54) is 0 Å². The quantitative estimate of drug-likeness (QED) is 0.740. The smallest absolute Gasteiger partial charge is 0.262 e. The molecule has 1 saturated carbocycles. The molecule has 3 aliphatic rings. The fourth-order valence-corrected chi connectivity index (χ4v) is 4.84. The van der Waals surface area contributed by atoms with E-state index in [1.54, 1.807) is 9.80 Å². The van der Waals surface area contributed by atoms with Crippen LogP contribution in [0.5, 0.6) is 0 Å². The van der Waals surface area contributed by atoms with Crippen molar-refractivity contribution in [1.82, 2.24) is 20.1 Å². The topological polar surface area (TPSA) is 68.4 Å². The van der Waals surface area contributed by atoms with E-state index in [0.717, 1.165) is 34.9 Å². The highest BCUT2D eigenvalue weighted by Crippen LogP contribution is 2.37. The van der Waals surface area contributed by atoms with Crippen molar-refractivity contribution >= 4 is 22.7 Å². The second-order valence-electron chi connectivity index (χ2n) is 9.32. The Morgan fingerprint density at radius 2 is 2.03 bits per heavy atom. The molecule has 0 radical (unpaired) electrons. The number of carbonyl (C=O) groups excluding carboxylic acids is 2. The van der Waals surface area contributed by atoms with Crippen LogP contribution in [-0.4, -0.2) is 70.8 Å². The van der Waals surface area contributed by atoms with Crippen LogP contribution in [0.15, 0.2) is 24.4 Å². The van der Waals surface area contributed by atoms with Crippen molar-refractivity contribution in [3.63, 3.8) is 0 Å². The molecule has 3 fully saturated rings. The Morgan fingerprint density at radius 1 is 1.26 bits per heavy atom. The van der Waals surface area contributed by atoms with Crippen LogP contribution in [0.3, 0.4) is 0 Å². The van der Waals surface area contributed by atoms with Crippen LogP contribution in [-0.2, 0) is 16.0 Å². The molecule has 5 rings (SSSR count). The van der Waals surface area contributed by atoms with Gasteiger partial charge in [-0.1, -0.05) is 11.6 Å². The number of fused-ring (bicyclic) bond motifs is 1. The zero-order chi connectivity index (χ0) is 21.8. The molecule has 2 N–H and O–H groups in total. The number of carbonyl (C=O) groups is 2. The van der Waals surface area contributed by atoms with Crippen LogP contribution in [0.2, 0.25) is 0 Å². The van der Waals surface area contributed by atoms with E-state index in [9.17, 15) is 18.4 Å². The van der Waals surface area contributed by atoms with Crippen LogP contribution in [0.1, 0.15) is 30.4 Å². The standard InChI is InChI=1S/C23H28F2N4O2/c1-14-2-5-19-18(8-14)16(10-27-19)6-7-26-21(30)20-9-23(24,25)13-29(20)17-11-28(12-17)22(31)15-3-4-15/h2,5,8,10,15,17,20,27H,3-4,6-7,9,11-13H2,1H3,(H,26,30)/t20-/m0/s1. The SMILES string of the molecule is Cc1ccc2[nH]cc(CCNC(=O)[C@@H]3CC(F)(F)CN3C3CN(C(=O)C4CC4)C3)c2c1. The molecule has 6 nitrogen and oxygen atoms in total. The number of aromatic nitrogens is 1. The van der Waals surface area contributed by atoms with Crippen molar-refractivity contribution in [1.29, 1.82) is 0 Å². The summed E-state index contributed by atoms with van der Waals surface area (Å²) in [7, 11) is 0. The minimum Gasteiger partial charge on any atom is -0.361 e. The highest BCUT2D eigenvalue weighted by Gasteiger charge is 2.53. The molecule has 31 heavy (non-hydrogen) atoms. The monoisotopic (exact) mass is 430 g/mol. The van der Waals surface area contributed by atoms with Crippen molar-refractivity contribution in [2.24, 2.45) is 5.92 Å². The predicted octanol–water partition coefficient (Wildman–Crippen LogP) is 2.47. The van der Waals surface area contributed by atoms with Gasteiger partial charge in [-0.05, 0) is 43.9 Å². The molecule has 1 aliphatic carbocycles. The molecule has 1 aromatic heterocycles. The minimum absolute atomic E-state index is 0.133. The van der Waals surface area contributed by atoms with Crippen LogP contribution < -0.4 is 5.32 Å². The van der Waals surface area contributed by atoms with E-state index in [1.807, 2.05) is 25.3 Å². The lowest BCUT2D eigenvalue weighted by Crippen LogP contribution is -2.64. The Labute approximate surface area is 180 Å². The lowest BCUT2D eigenvalue weighted by Gasteiger charge is -2.45. The molecule has 2 aliphatic heterocycles. The summed E-state index contributed by atoms with van der Waals surface area (Å²) in [6, 6.07) is 5.17. The molecule has 1 aromatic carbocycles. The first kappa shape index (κ1) is 20.4. The molecule has 166 valence electrons. The molecular formula is C23H28F2N4O2. The summed E-state index contributed by atoms with van der Waals surface area (Å²) in [5, 5.41) is 3.99. The summed E-state index contributed by atoms with van der Waals surface area (Å²) in [6.45, 7) is 2.91. The van der Waals surface area contributed by atoms with Crippen LogP contribution in [0.4, 0.5) is 8.78 Å². The zero-order valence-electron chi connectivity index (χ0n) is 17.7. The summed E-state index contributed by atoms with van der Waals surface area (Å²) in [4.78, 5) is 31.5. The number of H-pyrrole nitrogens is 1. The highest BCUT2D eigenvalue weighted by molar-refractivity contribution is 5.85. The molecule has 0 spiro atoms. The summed E-state index contributed by atoms with van der Waals surface area (Å²) < 4.78 is 28.3. The molecule has 1 atom stereocenters. The van der Waals surface area contributed by atoms with Gasteiger partial charge in [-0.2, -0.15) is 0 Å².